The van der Waals surface area contributed by atoms with E-state index in [9.17, 15) is 0 Å². The molecule has 1 aliphatic rings. The largest absolute Gasteiger partial charge is 0.0883 e. The number of allylic oxidation sites excluding steroid dienone is 2. The van der Waals surface area contributed by atoms with Gasteiger partial charge in [0, 0.05) is 0 Å². The summed E-state index contributed by atoms with van der Waals surface area (Å²) in [6.45, 7) is 2.37. The maximum Gasteiger partial charge on any atom is -0.0262 e. The van der Waals surface area contributed by atoms with Crippen LogP contribution in [0.15, 0.2) is 12.2 Å². The van der Waals surface area contributed by atoms with Gasteiger partial charge < -0.3 is 0 Å². The minimum Gasteiger partial charge on any atom is -0.0883 e. The number of rotatable bonds is 0. The predicted molar refractivity (Wildman–Crippen MR) is 73.7 cm³/mol. The first kappa shape index (κ1) is 13.8. The van der Waals surface area contributed by atoms with Gasteiger partial charge in [-0.2, -0.15) is 0 Å². The molecule has 1 atom stereocenters. The van der Waals surface area contributed by atoms with Crippen molar-refractivity contribution in [3.8, 4) is 0 Å². The maximum absolute atomic E-state index is 2.44. The lowest BCUT2D eigenvalue weighted by Crippen LogP contribution is -1.89. The third-order valence-electron chi connectivity index (χ3n) is 3.74. The van der Waals surface area contributed by atoms with Gasteiger partial charge in [-0.15, -0.1) is 0 Å². The molecule has 0 radical (unpaired) electrons. The van der Waals surface area contributed by atoms with Gasteiger partial charge in [-0.05, 0) is 25.2 Å². The number of hydrogen-bond acceptors (Lipinski definition) is 0. The highest BCUT2D eigenvalue weighted by Gasteiger charge is 1.98. The molecule has 1 aliphatic carbocycles. The molecular formula is C16H30. The summed E-state index contributed by atoms with van der Waals surface area (Å²) in [5, 5.41) is 0. The fourth-order valence-corrected chi connectivity index (χ4v) is 2.57. The van der Waals surface area contributed by atoms with Crippen molar-refractivity contribution in [2.24, 2.45) is 5.92 Å². The lowest BCUT2D eigenvalue weighted by atomic mass is 10.0. The van der Waals surface area contributed by atoms with Crippen molar-refractivity contribution < 1.29 is 0 Å². The second kappa shape index (κ2) is 9.93. The van der Waals surface area contributed by atoms with E-state index < -0.39 is 0 Å². The van der Waals surface area contributed by atoms with E-state index in [-0.39, 0.29) is 0 Å². The zero-order valence-corrected chi connectivity index (χ0v) is 11.2. The summed E-state index contributed by atoms with van der Waals surface area (Å²) in [7, 11) is 0. The lowest BCUT2D eigenvalue weighted by Gasteiger charge is -2.05. The Bertz CT molecular complexity index is 169. The van der Waals surface area contributed by atoms with Crippen molar-refractivity contribution in [3.63, 3.8) is 0 Å². The molecule has 0 saturated carbocycles. The van der Waals surface area contributed by atoms with Crippen LogP contribution in [0.5, 0.6) is 0 Å². The summed E-state index contributed by atoms with van der Waals surface area (Å²) in [4.78, 5) is 0. The Kier molecular flexibility index (Phi) is 8.57. The fourth-order valence-electron chi connectivity index (χ4n) is 2.57. The highest BCUT2D eigenvalue weighted by atomic mass is 14.0. The maximum atomic E-state index is 2.44. The second-order valence-corrected chi connectivity index (χ2v) is 5.52. The highest BCUT2D eigenvalue weighted by Crippen LogP contribution is 2.16. The van der Waals surface area contributed by atoms with Crippen LogP contribution in [0.3, 0.4) is 0 Å². The molecule has 0 aliphatic heterocycles. The molecule has 0 saturated heterocycles. The molecule has 0 bridgehead atoms. The van der Waals surface area contributed by atoms with Crippen molar-refractivity contribution in [3.05, 3.63) is 12.2 Å². The van der Waals surface area contributed by atoms with Crippen molar-refractivity contribution in [1.82, 2.24) is 0 Å². The Morgan fingerprint density at radius 3 is 1.81 bits per heavy atom. The van der Waals surface area contributed by atoms with E-state index in [4.69, 9.17) is 0 Å². The van der Waals surface area contributed by atoms with Crippen LogP contribution in [-0.2, 0) is 0 Å². The summed E-state index contributed by atoms with van der Waals surface area (Å²) in [6.07, 6.45) is 22.2. The molecule has 0 spiro atoms. The van der Waals surface area contributed by atoms with E-state index in [0.717, 1.165) is 5.92 Å². The first-order chi connectivity index (χ1) is 7.89. The summed E-state index contributed by atoms with van der Waals surface area (Å²) in [5.41, 5.74) is 0. The molecule has 0 aromatic heterocycles. The van der Waals surface area contributed by atoms with Gasteiger partial charge in [-0.25, -0.2) is 0 Å². The SMILES string of the molecule is C[C@H]1/C=C/CCCCCCCCCCCC1. The standard InChI is InChI=1S/C16H30/c1-16-14-12-10-8-6-4-2-3-5-7-9-11-13-15-16/h12,14,16H,2-11,13,15H2,1H3/b14-12+/t16-/m0/s1. The van der Waals surface area contributed by atoms with Crippen LogP contribution in [0.1, 0.15) is 84.0 Å². The molecule has 0 N–H and O–H groups in total. The Labute approximate surface area is 103 Å². The van der Waals surface area contributed by atoms with Gasteiger partial charge in [0.1, 0.15) is 0 Å². The summed E-state index contributed by atoms with van der Waals surface area (Å²) in [6, 6.07) is 0. The molecule has 0 aromatic rings. The first-order valence-electron chi connectivity index (χ1n) is 7.56. The fraction of sp³-hybridized carbons (Fsp3) is 0.875. The van der Waals surface area contributed by atoms with Crippen molar-refractivity contribution >= 4 is 0 Å². The molecular weight excluding hydrogens is 192 g/mol. The minimum absolute atomic E-state index is 0.810. The second-order valence-electron chi connectivity index (χ2n) is 5.52. The van der Waals surface area contributed by atoms with Crippen molar-refractivity contribution in [2.45, 2.75) is 84.0 Å². The Morgan fingerprint density at radius 1 is 0.688 bits per heavy atom. The minimum atomic E-state index is 0.810. The van der Waals surface area contributed by atoms with Gasteiger partial charge in [-0.1, -0.05) is 76.9 Å². The van der Waals surface area contributed by atoms with Crippen molar-refractivity contribution in [2.75, 3.05) is 0 Å². The van der Waals surface area contributed by atoms with Crippen LogP contribution in [0.2, 0.25) is 0 Å². The highest BCUT2D eigenvalue weighted by molar-refractivity contribution is 4.86. The summed E-state index contributed by atoms with van der Waals surface area (Å²) < 4.78 is 0. The van der Waals surface area contributed by atoms with Crippen molar-refractivity contribution in [1.29, 1.82) is 0 Å². The lowest BCUT2D eigenvalue weighted by molar-refractivity contribution is 0.528. The van der Waals surface area contributed by atoms with Gasteiger partial charge in [0.15, 0.2) is 0 Å². The molecule has 16 heavy (non-hydrogen) atoms. The summed E-state index contributed by atoms with van der Waals surface area (Å²) >= 11 is 0. The summed E-state index contributed by atoms with van der Waals surface area (Å²) in [5.74, 6) is 0.810. The smallest absolute Gasteiger partial charge is 0.0262 e. The zero-order chi connectivity index (χ0) is 11.5. The molecule has 1 rings (SSSR count). The van der Waals surface area contributed by atoms with Gasteiger partial charge in [0.05, 0.1) is 0 Å². The molecule has 0 nitrogen and oxygen atoms in total. The first-order valence-corrected chi connectivity index (χ1v) is 7.56. The van der Waals surface area contributed by atoms with Gasteiger partial charge in [0.2, 0.25) is 0 Å². The Morgan fingerprint density at radius 2 is 1.19 bits per heavy atom. The van der Waals surface area contributed by atoms with Crippen LogP contribution in [0, 0.1) is 5.92 Å². The van der Waals surface area contributed by atoms with E-state index in [1.54, 1.807) is 0 Å². The predicted octanol–water partition coefficient (Wildman–Crippen LogP) is 5.87. The van der Waals surface area contributed by atoms with E-state index >= 15 is 0 Å². The molecule has 0 heterocycles. The van der Waals surface area contributed by atoms with Crippen LogP contribution >= 0.6 is 0 Å². The molecule has 0 amide bonds. The number of hydrogen-bond donors (Lipinski definition) is 0. The van der Waals surface area contributed by atoms with Gasteiger partial charge in [0.25, 0.3) is 0 Å². The van der Waals surface area contributed by atoms with E-state index in [0.29, 0.717) is 0 Å². The van der Waals surface area contributed by atoms with Crippen LogP contribution < -0.4 is 0 Å². The van der Waals surface area contributed by atoms with Crippen LogP contribution in [0.25, 0.3) is 0 Å². The molecule has 94 valence electrons. The average Bonchev–Trinajstić information content (AvgIpc) is 2.29. The van der Waals surface area contributed by atoms with E-state index in [1.165, 1.54) is 77.0 Å². The third kappa shape index (κ3) is 7.96. The molecule has 0 unspecified atom stereocenters. The molecule has 0 fully saturated rings. The van der Waals surface area contributed by atoms with Crippen LogP contribution in [-0.4, -0.2) is 0 Å². The Balaban J connectivity index is 2.18. The Hall–Kier alpha value is -0.260. The van der Waals surface area contributed by atoms with E-state index in [1.807, 2.05) is 0 Å². The quantitative estimate of drug-likeness (QED) is 0.449. The van der Waals surface area contributed by atoms with Crippen LogP contribution in [0.4, 0.5) is 0 Å². The average molecular weight is 222 g/mol. The van der Waals surface area contributed by atoms with Gasteiger partial charge in [-0.3, -0.25) is 0 Å². The normalized spacial score (nSPS) is 28.9. The zero-order valence-electron chi connectivity index (χ0n) is 11.2. The molecule has 0 aromatic carbocycles. The topological polar surface area (TPSA) is 0 Å². The third-order valence-corrected chi connectivity index (χ3v) is 3.74. The molecule has 0 heteroatoms. The van der Waals surface area contributed by atoms with Gasteiger partial charge >= 0.3 is 0 Å². The van der Waals surface area contributed by atoms with E-state index in [2.05, 4.69) is 19.1 Å². The monoisotopic (exact) mass is 222 g/mol.